The molecular formula is C17H24N4O3. The van der Waals surface area contributed by atoms with Crippen LogP contribution in [0.15, 0.2) is 36.9 Å². The number of likely N-dealkylation sites (tertiary alicyclic amines) is 1. The fourth-order valence-corrected chi connectivity index (χ4v) is 3.07. The molecule has 3 rings (SSSR count). The topological polar surface area (TPSA) is 72.6 Å². The Morgan fingerprint density at radius 1 is 1.29 bits per heavy atom. The smallest absolute Gasteiger partial charge is 0.137 e. The van der Waals surface area contributed by atoms with E-state index in [0.717, 1.165) is 37.4 Å². The zero-order chi connectivity index (χ0) is 16.8. The van der Waals surface area contributed by atoms with Gasteiger partial charge in [0.05, 0.1) is 13.7 Å². The minimum atomic E-state index is -0.525. The monoisotopic (exact) mass is 332 g/mol. The van der Waals surface area contributed by atoms with E-state index < -0.39 is 6.10 Å². The summed E-state index contributed by atoms with van der Waals surface area (Å²) >= 11 is 0. The Morgan fingerprint density at radius 2 is 2.08 bits per heavy atom. The van der Waals surface area contributed by atoms with Gasteiger partial charge in [-0.2, -0.15) is 5.10 Å². The van der Waals surface area contributed by atoms with Crippen molar-refractivity contribution in [1.29, 1.82) is 0 Å². The lowest BCUT2D eigenvalue weighted by Crippen LogP contribution is -2.40. The van der Waals surface area contributed by atoms with Gasteiger partial charge < -0.3 is 14.6 Å². The normalized spacial score (nSPS) is 19.3. The molecule has 0 spiro atoms. The molecule has 1 aliphatic rings. The second kappa shape index (κ2) is 8.12. The summed E-state index contributed by atoms with van der Waals surface area (Å²) in [4.78, 5) is 6.29. The molecule has 0 radical (unpaired) electrons. The highest BCUT2D eigenvalue weighted by molar-refractivity contribution is 5.31. The van der Waals surface area contributed by atoms with Gasteiger partial charge in [0.25, 0.3) is 0 Å². The molecule has 0 bridgehead atoms. The summed E-state index contributed by atoms with van der Waals surface area (Å²) in [6.45, 7) is 2.69. The highest BCUT2D eigenvalue weighted by Gasteiger charge is 2.26. The summed E-state index contributed by atoms with van der Waals surface area (Å²) in [7, 11) is 1.63. The van der Waals surface area contributed by atoms with Crippen molar-refractivity contribution in [3.8, 4) is 11.5 Å². The third-order valence-corrected chi connectivity index (χ3v) is 4.31. The van der Waals surface area contributed by atoms with E-state index in [1.165, 1.54) is 0 Å². The summed E-state index contributed by atoms with van der Waals surface area (Å²) in [6, 6.07) is 7.76. The van der Waals surface area contributed by atoms with E-state index in [2.05, 4.69) is 15.0 Å². The molecule has 0 saturated carbocycles. The standard InChI is InChI=1S/C17H24N4O3/c1-23-16-4-6-17(7-5-16)24-11-15(22)10-20-8-2-3-14(20)9-21-13-18-12-19-21/h4-7,12-15,22H,2-3,8-11H2,1H3/t14-,15+/m1/s1. The highest BCUT2D eigenvalue weighted by atomic mass is 16.5. The van der Waals surface area contributed by atoms with E-state index in [0.29, 0.717) is 12.6 Å². The van der Waals surface area contributed by atoms with Crippen LogP contribution in [0.1, 0.15) is 12.8 Å². The summed E-state index contributed by atoms with van der Waals surface area (Å²) in [6.07, 6.45) is 5.02. The van der Waals surface area contributed by atoms with Gasteiger partial charge in [-0.15, -0.1) is 0 Å². The Labute approximate surface area is 141 Å². The van der Waals surface area contributed by atoms with Gasteiger partial charge in [0.2, 0.25) is 0 Å². The molecule has 0 amide bonds. The molecule has 1 aromatic heterocycles. The Morgan fingerprint density at radius 3 is 2.79 bits per heavy atom. The number of hydrogen-bond acceptors (Lipinski definition) is 6. The first-order chi connectivity index (χ1) is 11.7. The van der Waals surface area contributed by atoms with Crippen LogP contribution in [0.5, 0.6) is 11.5 Å². The number of methoxy groups -OCH3 is 1. The number of aliphatic hydroxyl groups is 1. The fraction of sp³-hybridized carbons (Fsp3) is 0.529. The molecule has 2 atom stereocenters. The quantitative estimate of drug-likeness (QED) is 0.783. The third-order valence-electron chi connectivity index (χ3n) is 4.31. The molecule has 7 nitrogen and oxygen atoms in total. The summed E-state index contributed by atoms with van der Waals surface area (Å²) < 4.78 is 12.6. The zero-order valence-corrected chi connectivity index (χ0v) is 13.9. The summed E-state index contributed by atoms with van der Waals surface area (Å²) in [5.74, 6) is 1.52. The maximum atomic E-state index is 10.3. The molecule has 130 valence electrons. The second-order valence-electron chi connectivity index (χ2n) is 6.05. The lowest BCUT2D eigenvalue weighted by molar-refractivity contribution is 0.0609. The summed E-state index contributed by atoms with van der Waals surface area (Å²) in [5, 5.41) is 14.5. The van der Waals surface area contributed by atoms with Gasteiger partial charge in [-0.05, 0) is 43.7 Å². The van der Waals surface area contributed by atoms with E-state index in [-0.39, 0.29) is 6.61 Å². The largest absolute Gasteiger partial charge is 0.497 e. The zero-order valence-electron chi connectivity index (χ0n) is 13.9. The minimum Gasteiger partial charge on any atom is -0.497 e. The Hall–Kier alpha value is -2.12. The van der Waals surface area contributed by atoms with Crippen LogP contribution in [0.3, 0.4) is 0 Å². The van der Waals surface area contributed by atoms with E-state index >= 15 is 0 Å². The van der Waals surface area contributed by atoms with Crippen LogP contribution in [0.2, 0.25) is 0 Å². The van der Waals surface area contributed by atoms with Crippen LogP contribution in [0, 0.1) is 0 Å². The van der Waals surface area contributed by atoms with Gasteiger partial charge in [0.15, 0.2) is 0 Å². The molecule has 1 aromatic carbocycles. The lowest BCUT2D eigenvalue weighted by Gasteiger charge is -2.26. The number of rotatable bonds is 8. The van der Waals surface area contributed by atoms with E-state index in [4.69, 9.17) is 9.47 Å². The number of aromatic nitrogens is 3. The highest BCUT2D eigenvalue weighted by Crippen LogP contribution is 2.20. The average molecular weight is 332 g/mol. The molecule has 24 heavy (non-hydrogen) atoms. The minimum absolute atomic E-state index is 0.277. The summed E-state index contributed by atoms with van der Waals surface area (Å²) in [5.41, 5.74) is 0. The second-order valence-corrected chi connectivity index (χ2v) is 6.05. The van der Waals surface area contributed by atoms with Gasteiger partial charge >= 0.3 is 0 Å². The van der Waals surface area contributed by atoms with Crippen molar-refractivity contribution in [2.75, 3.05) is 26.8 Å². The van der Waals surface area contributed by atoms with Crippen molar-refractivity contribution < 1.29 is 14.6 Å². The lowest BCUT2D eigenvalue weighted by atomic mass is 10.2. The van der Waals surface area contributed by atoms with E-state index in [1.54, 1.807) is 19.8 Å². The Kier molecular flexibility index (Phi) is 5.66. The molecule has 1 fully saturated rings. The van der Waals surface area contributed by atoms with Crippen molar-refractivity contribution in [3.63, 3.8) is 0 Å². The number of aliphatic hydroxyl groups excluding tert-OH is 1. The Bertz CT molecular complexity index is 603. The fourth-order valence-electron chi connectivity index (χ4n) is 3.07. The van der Waals surface area contributed by atoms with Crippen LogP contribution < -0.4 is 9.47 Å². The van der Waals surface area contributed by atoms with Crippen LogP contribution in [0.25, 0.3) is 0 Å². The molecule has 0 unspecified atom stereocenters. The van der Waals surface area contributed by atoms with Crippen LogP contribution in [-0.2, 0) is 6.54 Å². The number of hydrogen-bond donors (Lipinski definition) is 1. The van der Waals surface area contributed by atoms with Crippen molar-refractivity contribution >= 4 is 0 Å². The maximum Gasteiger partial charge on any atom is 0.137 e. The molecular weight excluding hydrogens is 308 g/mol. The van der Waals surface area contributed by atoms with Crippen LogP contribution in [-0.4, -0.2) is 63.7 Å². The van der Waals surface area contributed by atoms with Gasteiger partial charge in [-0.25, -0.2) is 4.98 Å². The third kappa shape index (κ3) is 4.46. The molecule has 1 aliphatic heterocycles. The van der Waals surface area contributed by atoms with Crippen molar-refractivity contribution in [3.05, 3.63) is 36.9 Å². The van der Waals surface area contributed by atoms with Crippen molar-refractivity contribution in [2.45, 2.75) is 31.5 Å². The van der Waals surface area contributed by atoms with Crippen LogP contribution >= 0.6 is 0 Å². The van der Waals surface area contributed by atoms with Gasteiger partial charge in [0.1, 0.15) is 36.9 Å². The molecule has 1 saturated heterocycles. The predicted octanol–water partition coefficient (Wildman–Crippen LogP) is 1.19. The van der Waals surface area contributed by atoms with Gasteiger partial charge in [0, 0.05) is 12.6 Å². The van der Waals surface area contributed by atoms with Gasteiger partial charge in [-0.3, -0.25) is 9.58 Å². The van der Waals surface area contributed by atoms with E-state index in [9.17, 15) is 5.11 Å². The predicted molar refractivity (Wildman–Crippen MR) is 89.1 cm³/mol. The molecule has 0 aliphatic carbocycles. The first-order valence-corrected chi connectivity index (χ1v) is 8.26. The molecule has 2 aromatic rings. The number of benzene rings is 1. The average Bonchev–Trinajstić information content (AvgIpc) is 3.26. The van der Waals surface area contributed by atoms with Gasteiger partial charge in [-0.1, -0.05) is 0 Å². The maximum absolute atomic E-state index is 10.3. The molecule has 1 N–H and O–H groups in total. The number of β-amino-alcohol motifs (C(OH)–C–C–N with tert-alkyl or cyclic N) is 1. The Balaban J connectivity index is 1.45. The molecule has 2 heterocycles. The van der Waals surface area contributed by atoms with Crippen molar-refractivity contribution in [2.24, 2.45) is 0 Å². The SMILES string of the molecule is COc1ccc(OC[C@@H](O)CN2CCC[C@@H]2Cn2cncn2)cc1. The van der Waals surface area contributed by atoms with E-state index in [1.807, 2.05) is 28.9 Å². The molecule has 7 heteroatoms. The van der Waals surface area contributed by atoms with Crippen molar-refractivity contribution in [1.82, 2.24) is 19.7 Å². The first-order valence-electron chi connectivity index (χ1n) is 8.26. The number of ether oxygens (including phenoxy) is 2. The number of nitrogens with zero attached hydrogens (tertiary/aromatic N) is 4. The first kappa shape index (κ1) is 16.7. The van der Waals surface area contributed by atoms with Crippen LogP contribution in [0.4, 0.5) is 0 Å².